The highest BCUT2D eigenvalue weighted by atomic mass is 14.9. The van der Waals surface area contributed by atoms with Crippen molar-refractivity contribution in [2.24, 2.45) is 5.92 Å². The number of benzene rings is 1. The van der Waals surface area contributed by atoms with Gasteiger partial charge in [-0.1, -0.05) is 37.6 Å². The van der Waals surface area contributed by atoms with E-state index in [1.54, 1.807) is 11.1 Å². The lowest BCUT2D eigenvalue weighted by molar-refractivity contribution is 0.209. The molecule has 92 valence electrons. The zero-order valence-corrected chi connectivity index (χ0v) is 10.8. The van der Waals surface area contributed by atoms with E-state index >= 15 is 0 Å². The van der Waals surface area contributed by atoms with Crippen LogP contribution in [-0.4, -0.2) is 12.6 Å². The molecule has 1 fully saturated rings. The fraction of sp³-hybridized carbons (Fsp3) is 0.625. The molecule has 2 unspecified atom stereocenters. The van der Waals surface area contributed by atoms with Crippen LogP contribution < -0.4 is 5.32 Å². The van der Waals surface area contributed by atoms with Crippen molar-refractivity contribution >= 4 is 0 Å². The normalized spacial score (nSPS) is 24.6. The molecule has 1 nitrogen and oxygen atoms in total. The van der Waals surface area contributed by atoms with E-state index in [2.05, 4.69) is 36.5 Å². The van der Waals surface area contributed by atoms with E-state index in [1.165, 1.54) is 32.1 Å². The molecular formula is C16H23N. The van der Waals surface area contributed by atoms with E-state index in [-0.39, 0.29) is 0 Å². The second-order valence-corrected chi connectivity index (χ2v) is 5.69. The predicted octanol–water partition coefficient (Wildman–Crippen LogP) is 3.49. The summed E-state index contributed by atoms with van der Waals surface area (Å²) in [6.07, 6.45) is 7.02. The van der Waals surface area contributed by atoms with Crippen molar-refractivity contribution < 1.29 is 0 Å². The Balaban J connectivity index is 1.62. The number of fused-ring (bicyclic) bond motifs is 1. The Kier molecular flexibility index (Phi) is 3.19. The summed E-state index contributed by atoms with van der Waals surface area (Å²) in [4.78, 5) is 0. The molecule has 0 amide bonds. The summed E-state index contributed by atoms with van der Waals surface area (Å²) in [7, 11) is 0. The van der Waals surface area contributed by atoms with Gasteiger partial charge in [-0.25, -0.2) is 0 Å². The van der Waals surface area contributed by atoms with Crippen LogP contribution in [0, 0.1) is 5.92 Å². The molecule has 0 saturated heterocycles. The van der Waals surface area contributed by atoms with Gasteiger partial charge in [0.05, 0.1) is 0 Å². The first-order valence-corrected chi connectivity index (χ1v) is 7.19. The lowest BCUT2D eigenvalue weighted by Gasteiger charge is -2.39. The molecule has 0 aliphatic heterocycles. The molecule has 17 heavy (non-hydrogen) atoms. The molecule has 3 rings (SSSR count). The van der Waals surface area contributed by atoms with Crippen molar-refractivity contribution in [3.05, 3.63) is 35.4 Å². The van der Waals surface area contributed by atoms with Crippen LogP contribution in [0.3, 0.4) is 0 Å². The maximum Gasteiger partial charge on any atom is 0.0101 e. The zero-order chi connectivity index (χ0) is 11.7. The highest BCUT2D eigenvalue weighted by Crippen LogP contribution is 2.41. The molecule has 0 spiro atoms. The first kappa shape index (κ1) is 11.3. The maximum absolute atomic E-state index is 3.71. The second kappa shape index (κ2) is 4.81. The first-order valence-electron chi connectivity index (χ1n) is 7.19. The van der Waals surface area contributed by atoms with Crippen LogP contribution in [-0.2, 0) is 6.42 Å². The third kappa shape index (κ3) is 2.13. The van der Waals surface area contributed by atoms with Crippen molar-refractivity contribution in [3.63, 3.8) is 0 Å². The van der Waals surface area contributed by atoms with Crippen LogP contribution in [0.5, 0.6) is 0 Å². The van der Waals surface area contributed by atoms with E-state index < -0.39 is 0 Å². The molecule has 0 aromatic heterocycles. The van der Waals surface area contributed by atoms with Crippen LogP contribution >= 0.6 is 0 Å². The van der Waals surface area contributed by atoms with Gasteiger partial charge >= 0.3 is 0 Å². The van der Waals surface area contributed by atoms with Crippen LogP contribution in [0.1, 0.15) is 49.7 Å². The summed E-state index contributed by atoms with van der Waals surface area (Å²) in [5, 5.41) is 3.71. The molecule has 0 radical (unpaired) electrons. The monoisotopic (exact) mass is 229 g/mol. The van der Waals surface area contributed by atoms with Crippen LogP contribution in [0.4, 0.5) is 0 Å². The van der Waals surface area contributed by atoms with Gasteiger partial charge in [-0.2, -0.15) is 0 Å². The van der Waals surface area contributed by atoms with Gasteiger partial charge in [-0.15, -0.1) is 0 Å². The average Bonchev–Trinajstić information content (AvgIpc) is 2.23. The minimum atomic E-state index is 0.770. The molecule has 1 aromatic carbocycles. The summed E-state index contributed by atoms with van der Waals surface area (Å²) in [6, 6.07) is 9.75. The van der Waals surface area contributed by atoms with Gasteiger partial charge in [0.1, 0.15) is 0 Å². The fourth-order valence-corrected chi connectivity index (χ4v) is 3.43. The van der Waals surface area contributed by atoms with Gasteiger partial charge in [-0.05, 0) is 55.2 Å². The molecule has 0 heterocycles. The number of hydrogen-bond donors (Lipinski definition) is 1. The van der Waals surface area contributed by atoms with Crippen LogP contribution in [0.25, 0.3) is 0 Å². The van der Waals surface area contributed by atoms with Gasteiger partial charge in [-0.3, -0.25) is 0 Å². The molecule has 1 saturated carbocycles. The minimum Gasteiger partial charge on any atom is -0.314 e. The number of rotatable bonds is 5. The van der Waals surface area contributed by atoms with Crippen molar-refractivity contribution in [1.29, 1.82) is 0 Å². The molecule has 2 aliphatic rings. The summed E-state index contributed by atoms with van der Waals surface area (Å²) in [5.74, 6) is 1.79. The molecule has 1 N–H and O–H groups in total. The van der Waals surface area contributed by atoms with Crippen molar-refractivity contribution in [3.8, 4) is 0 Å². The van der Waals surface area contributed by atoms with Gasteiger partial charge in [0.25, 0.3) is 0 Å². The first-order chi connectivity index (χ1) is 8.38. The SMILES string of the molecule is CCNC(CC1Cc2ccccc21)C1CCC1. The quantitative estimate of drug-likeness (QED) is 0.815. The molecule has 2 atom stereocenters. The Morgan fingerprint density at radius 2 is 2.12 bits per heavy atom. The topological polar surface area (TPSA) is 12.0 Å². The third-order valence-corrected chi connectivity index (χ3v) is 4.68. The smallest absolute Gasteiger partial charge is 0.0101 e. The van der Waals surface area contributed by atoms with E-state index in [0.717, 1.165) is 24.4 Å². The molecule has 1 aromatic rings. The molecule has 0 bridgehead atoms. The summed E-state index contributed by atoms with van der Waals surface area (Å²) in [6.45, 7) is 3.36. The van der Waals surface area contributed by atoms with E-state index in [1.807, 2.05) is 0 Å². The highest BCUT2D eigenvalue weighted by molar-refractivity contribution is 5.39. The average molecular weight is 229 g/mol. The summed E-state index contributed by atoms with van der Waals surface area (Å²) in [5.41, 5.74) is 3.20. The van der Waals surface area contributed by atoms with Crippen molar-refractivity contribution in [1.82, 2.24) is 5.32 Å². The highest BCUT2D eigenvalue weighted by Gasteiger charge is 2.33. The van der Waals surface area contributed by atoms with Gasteiger partial charge in [0.15, 0.2) is 0 Å². The van der Waals surface area contributed by atoms with Gasteiger partial charge in [0, 0.05) is 6.04 Å². The van der Waals surface area contributed by atoms with Crippen LogP contribution in [0.2, 0.25) is 0 Å². The Hall–Kier alpha value is -0.820. The number of hydrogen-bond acceptors (Lipinski definition) is 1. The molecule has 2 aliphatic carbocycles. The summed E-state index contributed by atoms with van der Waals surface area (Å²) >= 11 is 0. The van der Waals surface area contributed by atoms with Crippen molar-refractivity contribution in [2.45, 2.75) is 51.0 Å². The maximum atomic E-state index is 3.71. The lowest BCUT2D eigenvalue weighted by atomic mass is 9.70. The van der Waals surface area contributed by atoms with E-state index in [0.29, 0.717) is 0 Å². The third-order valence-electron chi connectivity index (χ3n) is 4.68. The Morgan fingerprint density at radius 1 is 1.29 bits per heavy atom. The van der Waals surface area contributed by atoms with Gasteiger partial charge in [0.2, 0.25) is 0 Å². The van der Waals surface area contributed by atoms with E-state index in [9.17, 15) is 0 Å². The molecular weight excluding hydrogens is 206 g/mol. The van der Waals surface area contributed by atoms with Crippen molar-refractivity contribution in [2.75, 3.05) is 6.54 Å². The van der Waals surface area contributed by atoms with E-state index in [4.69, 9.17) is 0 Å². The molecule has 1 heteroatoms. The second-order valence-electron chi connectivity index (χ2n) is 5.69. The predicted molar refractivity (Wildman–Crippen MR) is 72.3 cm³/mol. The zero-order valence-electron chi connectivity index (χ0n) is 10.8. The Morgan fingerprint density at radius 3 is 2.76 bits per heavy atom. The summed E-state index contributed by atoms with van der Waals surface area (Å²) < 4.78 is 0. The fourth-order valence-electron chi connectivity index (χ4n) is 3.43. The lowest BCUT2D eigenvalue weighted by Crippen LogP contribution is -2.41. The number of nitrogens with one attached hydrogen (secondary N) is 1. The van der Waals surface area contributed by atoms with Gasteiger partial charge < -0.3 is 5.32 Å². The Bertz CT molecular complexity index is 381. The largest absolute Gasteiger partial charge is 0.314 e. The van der Waals surface area contributed by atoms with Crippen LogP contribution in [0.15, 0.2) is 24.3 Å². The Labute approximate surface area is 105 Å². The standard InChI is InChI=1S/C16H23N/c1-2-17-16(12-7-5-8-12)11-14-10-13-6-3-4-9-15(13)14/h3-4,6,9,12,14,16-17H,2,5,7-8,10-11H2,1H3. The minimum absolute atomic E-state index is 0.770.